The maximum atomic E-state index is 12.0. The average molecular weight is 298 g/mol. The topological polar surface area (TPSA) is 61.4 Å². The summed E-state index contributed by atoms with van der Waals surface area (Å²) in [6.45, 7) is 3.39. The molecule has 0 radical (unpaired) electrons. The van der Waals surface area contributed by atoms with Gasteiger partial charge in [-0.15, -0.1) is 0 Å². The Kier molecular flexibility index (Phi) is 6.48. The maximum absolute atomic E-state index is 12.0. The zero-order chi connectivity index (χ0) is 15.1. The van der Waals surface area contributed by atoms with Gasteiger partial charge < -0.3 is 15.5 Å². The Morgan fingerprint density at radius 2 is 2.00 bits per heavy atom. The third kappa shape index (κ3) is 4.83. The molecule has 20 heavy (non-hydrogen) atoms. The van der Waals surface area contributed by atoms with Crippen molar-refractivity contribution >= 4 is 29.1 Å². The highest BCUT2D eigenvalue weighted by Crippen LogP contribution is 2.22. The van der Waals surface area contributed by atoms with Crippen molar-refractivity contribution < 1.29 is 9.59 Å². The van der Waals surface area contributed by atoms with Crippen LogP contribution in [-0.2, 0) is 4.79 Å². The fourth-order valence-corrected chi connectivity index (χ4v) is 1.81. The summed E-state index contributed by atoms with van der Waals surface area (Å²) in [7, 11) is 3.32. The van der Waals surface area contributed by atoms with Crippen LogP contribution < -0.4 is 10.6 Å². The zero-order valence-electron chi connectivity index (χ0n) is 12.0. The van der Waals surface area contributed by atoms with Crippen LogP contribution in [0.4, 0.5) is 5.69 Å². The molecule has 6 heteroatoms. The first-order valence-electron chi connectivity index (χ1n) is 6.47. The minimum atomic E-state index is -0.177. The van der Waals surface area contributed by atoms with Gasteiger partial charge in [0.1, 0.15) is 0 Å². The van der Waals surface area contributed by atoms with Crippen LogP contribution in [0.25, 0.3) is 0 Å². The van der Waals surface area contributed by atoms with Gasteiger partial charge in [0, 0.05) is 32.1 Å². The van der Waals surface area contributed by atoms with Crippen LogP contribution in [0.15, 0.2) is 18.2 Å². The monoisotopic (exact) mass is 297 g/mol. The predicted molar refractivity (Wildman–Crippen MR) is 81.3 cm³/mol. The van der Waals surface area contributed by atoms with Crippen molar-refractivity contribution in [1.29, 1.82) is 0 Å². The second kappa shape index (κ2) is 7.87. The van der Waals surface area contributed by atoms with Crippen molar-refractivity contribution in [2.24, 2.45) is 0 Å². The molecule has 1 aromatic carbocycles. The Balaban J connectivity index is 2.84. The summed E-state index contributed by atoms with van der Waals surface area (Å²) in [5, 5.41) is 6.28. The van der Waals surface area contributed by atoms with E-state index in [-0.39, 0.29) is 11.8 Å². The van der Waals surface area contributed by atoms with Gasteiger partial charge in [0.25, 0.3) is 5.91 Å². The highest BCUT2D eigenvalue weighted by atomic mass is 35.5. The molecular formula is C14H20ClN3O2. The van der Waals surface area contributed by atoms with E-state index in [1.165, 1.54) is 4.90 Å². The highest BCUT2D eigenvalue weighted by Gasteiger charge is 2.15. The number of hydrogen-bond acceptors (Lipinski definition) is 3. The number of halogens is 1. The van der Waals surface area contributed by atoms with Gasteiger partial charge >= 0.3 is 0 Å². The van der Waals surface area contributed by atoms with Crippen LogP contribution in [0.1, 0.15) is 23.7 Å². The second-order valence-corrected chi connectivity index (χ2v) is 4.98. The van der Waals surface area contributed by atoms with Crippen LogP contribution in [0, 0.1) is 0 Å². The van der Waals surface area contributed by atoms with E-state index in [0.29, 0.717) is 29.2 Å². The number of rotatable bonds is 6. The SMILES string of the molecule is CCNCCC(=O)Nc1cc(Cl)ccc1C(=O)N(C)C. The molecule has 110 valence electrons. The lowest BCUT2D eigenvalue weighted by atomic mass is 10.1. The molecule has 0 spiro atoms. The average Bonchev–Trinajstić information content (AvgIpc) is 2.38. The summed E-state index contributed by atoms with van der Waals surface area (Å²) in [5.41, 5.74) is 0.869. The lowest BCUT2D eigenvalue weighted by Gasteiger charge is -2.15. The van der Waals surface area contributed by atoms with Crippen molar-refractivity contribution in [3.05, 3.63) is 28.8 Å². The number of anilines is 1. The first-order chi connectivity index (χ1) is 9.45. The summed E-state index contributed by atoms with van der Waals surface area (Å²) >= 11 is 5.92. The molecule has 0 unspecified atom stereocenters. The van der Waals surface area contributed by atoms with Crippen molar-refractivity contribution in [1.82, 2.24) is 10.2 Å². The van der Waals surface area contributed by atoms with Gasteiger partial charge in [-0.2, -0.15) is 0 Å². The second-order valence-electron chi connectivity index (χ2n) is 4.54. The summed E-state index contributed by atoms with van der Waals surface area (Å²) in [6, 6.07) is 4.83. The van der Waals surface area contributed by atoms with Crippen molar-refractivity contribution in [2.75, 3.05) is 32.5 Å². The number of carbonyl (C=O) groups excluding carboxylic acids is 2. The van der Waals surface area contributed by atoms with E-state index in [1.807, 2.05) is 6.92 Å². The molecule has 5 nitrogen and oxygen atoms in total. The highest BCUT2D eigenvalue weighted by molar-refractivity contribution is 6.31. The lowest BCUT2D eigenvalue weighted by molar-refractivity contribution is -0.116. The molecule has 0 atom stereocenters. The third-order valence-electron chi connectivity index (χ3n) is 2.67. The maximum Gasteiger partial charge on any atom is 0.255 e. The smallest absolute Gasteiger partial charge is 0.255 e. The third-order valence-corrected chi connectivity index (χ3v) is 2.91. The van der Waals surface area contributed by atoms with Crippen LogP contribution >= 0.6 is 11.6 Å². The lowest BCUT2D eigenvalue weighted by Crippen LogP contribution is -2.25. The fraction of sp³-hybridized carbons (Fsp3) is 0.429. The van der Waals surface area contributed by atoms with E-state index in [0.717, 1.165) is 6.54 Å². The molecule has 0 fully saturated rings. The quantitative estimate of drug-likeness (QED) is 0.789. The Morgan fingerprint density at radius 1 is 1.30 bits per heavy atom. The Hall–Kier alpha value is -1.59. The minimum Gasteiger partial charge on any atom is -0.345 e. The molecular weight excluding hydrogens is 278 g/mol. The molecule has 0 saturated carbocycles. The van der Waals surface area contributed by atoms with Crippen LogP contribution in [-0.4, -0.2) is 43.9 Å². The molecule has 1 rings (SSSR count). The van der Waals surface area contributed by atoms with Gasteiger partial charge in [-0.3, -0.25) is 9.59 Å². The normalized spacial score (nSPS) is 10.2. The molecule has 2 N–H and O–H groups in total. The number of carbonyl (C=O) groups is 2. The molecule has 0 heterocycles. The largest absolute Gasteiger partial charge is 0.345 e. The standard InChI is InChI=1S/C14H20ClN3O2/c1-4-16-8-7-13(19)17-12-9-10(15)5-6-11(12)14(20)18(2)3/h5-6,9,16H,4,7-8H2,1-3H3,(H,17,19). The van der Waals surface area contributed by atoms with Crippen LogP contribution in [0.3, 0.4) is 0 Å². The van der Waals surface area contributed by atoms with Crippen molar-refractivity contribution in [3.63, 3.8) is 0 Å². The van der Waals surface area contributed by atoms with Gasteiger partial charge in [-0.05, 0) is 24.7 Å². The Bertz CT molecular complexity index is 489. The van der Waals surface area contributed by atoms with Gasteiger partial charge in [0.05, 0.1) is 11.3 Å². The molecule has 0 bridgehead atoms. The van der Waals surface area contributed by atoms with Crippen molar-refractivity contribution in [2.45, 2.75) is 13.3 Å². The van der Waals surface area contributed by atoms with Crippen LogP contribution in [0.2, 0.25) is 5.02 Å². The zero-order valence-corrected chi connectivity index (χ0v) is 12.8. The Labute approximate surface area is 124 Å². The predicted octanol–water partition coefficient (Wildman–Crippen LogP) is 1.98. The van der Waals surface area contributed by atoms with E-state index in [4.69, 9.17) is 11.6 Å². The Morgan fingerprint density at radius 3 is 2.60 bits per heavy atom. The first-order valence-corrected chi connectivity index (χ1v) is 6.85. The van der Waals surface area contributed by atoms with E-state index in [9.17, 15) is 9.59 Å². The van der Waals surface area contributed by atoms with E-state index in [1.54, 1.807) is 32.3 Å². The number of hydrogen-bond donors (Lipinski definition) is 2. The fourth-order valence-electron chi connectivity index (χ4n) is 1.64. The molecule has 1 aromatic rings. The minimum absolute atomic E-state index is 0.152. The number of amides is 2. The molecule has 0 aliphatic heterocycles. The first kappa shape index (κ1) is 16.5. The molecule has 0 aromatic heterocycles. The summed E-state index contributed by atoms with van der Waals surface area (Å²) in [6.07, 6.45) is 0.343. The molecule has 2 amide bonds. The number of nitrogens with zero attached hydrogens (tertiary/aromatic N) is 1. The summed E-state index contributed by atoms with van der Waals surface area (Å²) in [5.74, 6) is -0.329. The van der Waals surface area contributed by atoms with Gasteiger partial charge in [0.2, 0.25) is 5.91 Å². The molecule has 0 saturated heterocycles. The van der Waals surface area contributed by atoms with E-state index in [2.05, 4.69) is 10.6 Å². The molecule has 0 aliphatic carbocycles. The molecule has 0 aliphatic rings. The van der Waals surface area contributed by atoms with Crippen molar-refractivity contribution in [3.8, 4) is 0 Å². The summed E-state index contributed by atoms with van der Waals surface area (Å²) in [4.78, 5) is 25.3. The van der Waals surface area contributed by atoms with Gasteiger partial charge in [-0.1, -0.05) is 18.5 Å². The van der Waals surface area contributed by atoms with Gasteiger partial charge in [-0.25, -0.2) is 0 Å². The number of benzene rings is 1. The van der Waals surface area contributed by atoms with E-state index >= 15 is 0 Å². The van der Waals surface area contributed by atoms with Crippen LogP contribution in [0.5, 0.6) is 0 Å². The summed E-state index contributed by atoms with van der Waals surface area (Å²) < 4.78 is 0. The number of nitrogens with one attached hydrogen (secondary N) is 2. The van der Waals surface area contributed by atoms with E-state index < -0.39 is 0 Å². The van der Waals surface area contributed by atoms with Gasteiger partial charge in [0.15, 0.2) is 0 Å².